The van der Waals surface area contributed by atoms with Gasteiger partial charge in [0.2, 0.25) is 0 Å². The number of aromatic nitrogens is 2. The molecule has 1 aliphatic rings. The van der Waals surface area contributed by atoms with Crippen molar-refractivity contribution >= 4 is 7.82 Å². The minimum absolute atomic E-state index is 0.0533. The first-order valence-electron chi connectivity index (χ1n) is 5.62. The first-order valence-corrected chi connectivity index (χ1v) is 7.15. The van der Waals surface area contributed by atoms with Gasteiger partial charge < -0.3 is 19.6 Å². The predicted molar refractivity (Wildman–Crippen MR) is 63.9 cm³/mol. The number of H-pyrrole nitrogens is 1. The van der Waals surface area contributed by atoms with Gasteiger partial charge in [-0.3, -0.25) is 18.9 Å². The van der Waals surface area contributed by atoms with Crippen LogP contribution in [0.2, 0.25) is 0 Å². The average molecular weight is 308 g/mol. The number of rotatable bonds is 4. The number of aromatic amines is 1. The summed E-state index contributed by atoms with van der Waals surface area (Å²) in [7, 11) is -4.74. The summed E-state index contributed by atoms with van der Waals surface area (Å²) >= 11 is 0. The molecule has 1 aliphatic heterocycles. The zero-order valence-corrected chi connectivity index (χ0v) is 11.0. The summed E-state index contributed by atoms with van der Waals surface area (Å²) in [4.78, 5) is 42.1. The zero-order valence-electron chi connectivity index (χ0n) is 10.1. The van der Waals surface area contributed by atoms with Crippen molar-refractivity contribution in [3.05, 3.63) is 33.1 Å². The molecule has 0 radical (unpaired) electrons. The van der Waals surface area contributed by atoms with E-state index in [-0.39, 0.29) is 6.42 Å². The van der Waals surface area contributed by atoms with Gasteiger partial charge in [-0.15, -0.1) is 0 Å². The van der Waals surface area contributed by atoms with Crippen molar-refractivity contribution in [2.24, 2.45) is 0 Å². The maximum atomic E-state index is 11.6. The second-order valence-electron chi connectivity index (χ2n) is 4.20. The number of hydrogen-bond donors (Lipinski definition) is 4. The molecular weight excluding hydrogens is 295 g/mol. The zero-order chi connectivity index (χ0) is 14.9. The van der Waals surface area contributed by atoms with Crippen molar-refractivity contribution in [2.75, 3.05) is 6.61 Å². The molecule has 11 heteroatoms. The number of nitrogens with zero attached hydrogens (tertiary/aromatic N) is 1. The first kappa shape index (κ1) is 15.1. The van der Waals surface area contributed by atoms with E-state index in [2.05, 4.69) is 4.52 Å². The van der Waals surface area contributed by atoms with Gasteiger partial charge in [0.15, 0.2) is 0 Å². The Hall–Kier alpha value is -1.29. The van der Waals surface area contributed by atoms with Gasteiger partial charge in [0.25, 0.3) is 5.56 Å². The standard InChI is InChI=1S/C9H13N2O8P/c12-4-6-5(19-20(15,16)17)3-8(18-6)11-2-1-7(13)10-9(11)14/h1-2,5-6,8,12H,3-4H2,(H,10,13,14)(H2,15,16,17). The van der Waals surface area contributed by atoms with Crippen molar-refractivity contribution in [2.45, 2.75) is 24.9 Å². The molecule has 0 aliphatic carbocycles. The molecule has 2 rings (SSSR count). The molecule has 4 N–H and O–H groups in total. The Morgan fingerprint density at radius 1 is 1.50 bits per heavy atom. The summed E-state index contributed by atoms with van der Waals surface area (Å²) in [5.74, 6) is 0. The fourth-order valence-corrected chi connectivity index (χ4v) is 2.55. The van der Waals surface area contributed by atoms with Crippen LogP contribution in [0.3, 0.4) is 0 Å². The summed E-state index contributed by atoms with van der Waals surface area (Å²) in [6, 6.07) is 1.11. The van der Waals surface area contributed by atoms with Crippen LogP contribution in [0, 0.1) is 0 Å². The Morgan fingerprint density at radius 3 is 2.75 bits per heavy atom. The van der Waals surface area contributed by atoms with Crippen LogP contribution in [-0.2, 0) is 13.8 Å². The summed E-state index contributed by atoms with van der Waals surface area (Å²) in [5, 5.41) is 9.11. The van der Waals surface area contributed by atoms with Gasteiger partial charge in [-0.1, -0.05) is 0 Å². The molecule has 3 atom stereocenters. The van der Waals surface area contributed by atoms with E-state index in [4.69, 9.17) is 19.6 Å². The van der Waals surface area contributed by atoms with E-state index in [0.29, 0.717) is 0 Å². The van der Waals surface area contributed by atoms with Crippen molar-refractivity contribution in [1.29, 1.82) is 0 Å². The average Bonchev–Trinajstić information content (AvgIpc) is 2.69. The van der Waals surface area contributed by atoms with Gasteiger partial charge in [0.1, 0.15) is 18.4 Å². The number of phosphoric acid groups is 1. The van der Waals surface area contributed by atoms with Gasteiger partial charge in [-0.05, 0) is 0 Å². The normalized spacial score (nSPS) is 26.9. The van der Waals surface area contributed by atoms with E-state index in [0.717, 1.165) is 10.6 Å². The van der Waals surface area contributed by atoms with Crippen molar-refractivity contribution in [3.63, 3.8) is 0 Å². The van der Waals surface area contributed by atoms with E-state index in [1.54, 1.807) is 0 Å². The minimum Gasteiger partial charge on any atom is -0.394 e. The van der Waals surface area contributed by atoms with Crippen LogP contribution in [0.25, 0.3) is 0 Å². The molecule has 0 spiro atoms. The lowest BCUT2D eigenvalue weighted by Gasteiger charge is -2.16. The summed E-state index contributed by atoms with van der Waals surface area (Å²) < 4.78 is 21.7. The molecule has 1 aromatic rings. The fourth-order valence-electron chi connectivity index (χ4n) is 1.98. The Balaban J connectivity index is 2.22. The fraction of sp³-hybridized carbons (Fsp3) is 0.556. The summed E-state index contributed by atoms with van der Waals surface area (Å²) in [5.41, 5.74) is -1.30. The monoisotopic (exact) mass is 308 g/mol. The Labute approximate surface area is 111 Å². The smallest absolute Gasteiger partial charge is 0.394 e. The molecule has 10 nitrogen and oxygen atoms in total. The van der Waals surface area contributed by atoms with Gasteiger partial charge in [0, 0.05) is 18.7 Å². The number of ether oxygens (including phenoxy) is 1. The van der Waals surface area contributed by atoms with Gasteiger partial charge in [0.05, 0.1) is 6.61 Å². The Morgan fingerprint density at radius 2 is 2.20 bits per heavy atom. The summed E-state index contributed by atoms with van der Waals surface area (Å²) in [6.07, 6.45) is -1.80. The topological polar surface area (TPSA) is 151 Å². The van der Waals surface area contributed by atoms with Crippen LogP contribution in [0.1, 0.15) is 12.6 Å². The third kappa shape index (κ3) is 3.42. The molecule has 0 aromatic carbocycles. The molecule has 1 saturated heterocycles. The number of hydrogen-bond acceptors (Lipinski definition) is 6. The van der Waals surface area contributed by atoms with Crippen LogP contribution in [0.15, 0.2) is 21.9 Å². The Bertz CT molecular complexity index is 633. The number of phosphoric ester groups is 1. The van der Waals surface area contributed by atoms with Crippen LogP contribution in [-0.4, -0.2) is 43.3 Å². The van der Waals surface area contributed by atoms with Gasteiger partial charge in [-0.25, -0.2) is 9.36 Å². The highest BCUT2D eigenvalue weighted by atomic mass is 31.2. The maximum Gasteiger partial charge on any atom is 0.469 e. The molecule has 20 heavy (non-hydrogen) atoms. The van der Waals surface area contributed by atoms with Crippen LogP contribution >= 0.6 is 7.82 Å². The lowest BCUT2D eigenvalue weighted by Crippen LogP contribution is -2.31. The molecule has 0 amide bonds. The van der Waals surface area contributed by atoms with Crippen LogP contribution < -0.4 is 11.2 Å². The van der Waals surface area contributed by atoms with E-state index in [9.17, 15) is 14.2 Å². The molecule has 112 valence electrons. The minimum atomic E-state index is -4.74. The molecule has 3 unspecified atom stereocenters. The third-order valence-electron chi connectivity index (χ3n) is 2.79. The van der Waals surface area contributed by atoms with Gasteiger partial charge in [-0.2, -0.15) is 0 Å². The van der Waals surface area contributed by atoms with E-state index < -0.39 is 44.1 Å². The van der Waals surface area contributed by atoms with Crippen LogP contribution in [0.5, 0.6) is 0 Å². The molecule has 1 fully saturated rings. The summed E-state index contributed by atoms with van der Waals surface area (Å²) in [6.45, 7) is -0.529. The second-order valence-corrected chi connectivity index (χ2v) is 5.39. The maximum absolute atomic E-state index is 11.6. The Kier molecular flexibility index (Phi) is 4.23. The highest BCUT2D eigenvalue weighted by molar-refractivity contribution is 7.46. The van der Waals surface area contributed by atoms with E-state index >= 15 is 0 Å². The lowest BCUT2D eigenvalue weighted by atomic mass is 10.2. The van der Waals surface area contributed by atoms with Crippen molar-refractivity contribution in [3.8, 4) is 0 Å². The molecule has 0 saturated carbocycles. The SMILES string of the molecule is O=c1ccn(C2CC(OP(=O)(O)O)C(CO)O2)c(=O)[nH]1. The molecule has 1 aromatic heterocycles. The second kappa shape index (κ2) is 5.60. The number of aliphatic hydroxyl groups is 1. The van der Waals surface area contributed by atoms with E-state index in [1.165, 1.54) is 6.20 Å². The van der Waals surface area contributed by atoms with Crippen molar-refractivity contribution in [1.82, 2.24) is 9.55 Å². The number of aliphatic hydroxyl groups excluding tert-OH is 1. The molecule has 2 heterocycles. The third-order valence-corrected chi connectivity index (χ3v) is 3.34. The number of nitrogens with one attached hydrogen (secondary N) is 1. The highest BCUT2D eigenvalue weighted by Crippen LogP contribution is 2.43. The van der Waals surface area contributed by atoms with Crippen molar-refractivity contribution < 1.29 is 28.7 Å². The molecule has 0 bridgehead atoms. The predicted octanol–water partition coefficient (Wildman–Crippen LogP) is -1.71. The molecular formula is C9H13N2O8P. The lowest BCUT2D eigenvalue weighted by molar-refractivity contribution is -0.0452. The first-order chi connectivity index (χ1) is 9.30. The highest BCUT2D eigenvalue weighted by Gasteiger charge is 2.40. The van der Waals surface area contributed by atoms with E-state index in [1.807, 2.05) is 4.98 Å². The van der Waals surface area contributed by atoms with Crippen LogP contribution in [0.4, 0.5) is 0 Å². The largest absolute Gasteiger partial charge is 0.469 e. The van der Waals surface area contributed by atoms with Gasteiger partial charge >= 0.3 is 13.5 Å². The quantitative estimate of drug-likeness (QED) is 0.480.